The fourth-order valence-electron chi connectivity index (χ4n) is 2.47. The van der Waals surface area contributed by atoms with E-state index in [9.17, 15) is 14.0 Å². The Morgan fingerprint density at radius 3 is 2.38 bits per heavy atom. The highest BCUT2D eigenvalue weighted by atomic mass is 19.1. The molecule has 0 bridgehead atoms. The van der Waals surface area contributed by atoms with E-state index in [1.807, 2.05) is 39.0 Å². The fraction of sp³-hybridized carbons (Fsp3) is 0.300. The molecule has 0 saturated carbocycles. The van der Waals surface area contributed by atoms with Crippen molar-refractivity contribution in [1.29, 1.82) is 0 Å². The highest BCUT2D eigenvalue weighted by Crippen LogP contribution is 2.22. The second-order valence-electron chi connectivity index (χ2n) is 6.91. The van der Waals surface area contributed by atoms with Crippen molar-refractivity contribution in [3.8, 4) is 0 Å². The fourth-order valence-corrected chi connectivity index (χ4v) is 2.47. The molecule has 0 heterocycles. The number of benzene rings is 2. The van der Waals surface area contributed by atoms with Crippen molar-refractivity contribution in [3.05, 3.63) is 71.0 Å². The number of nitrogens with one attached hydrogen (secondary N) is 3. The molecule has 0 aliphatic rings. The Morgan fingerprint density at radius 1 is 1.04 bits per heavy atom. The smallest absolute Gasteiger partial charge is 0.333 e. The van der Waals surface area contributed by atoms with Crippen LogP contribution in [-0.4, -0.2) is 18.5 Å². The molecule has 0 aliphatic carbocycles. The zero-order chi connectivity index (χ0) is 19.2. The van der Waals surface area contributed by atoms with Crippen LogP contribution in [0.3, 0.4) is 0 Å². The van der Waals surface area contributed by atoms with Gasteiger partial charge in [0.2, 0.25) is 5.91 Å². The Balaban J connectivity index is 1.77. The van der Waals surface area contributed by atoms with Gasteiger partial charge in [-0.05, 0) is 30.2 Å². The van der Waals surface area contributed by atoms with E-state index in [0.717, 1.165) is 11.1 Å². The number of rotatable bonds is 5. The van der Waals surface area contributed by atoms with Gasteiger partial charge < -0.3 is 5.32 Å². The van der Waals surface area contributed by atoms with Gasteiger partial charge >= 0.3 is 6.03 Å². The standard InChI is InChI=1S/C20H24FN3O2/c1-14-5-4-6-16(11-14)20(2,3)13-22-19(26)24-23-18(25)12-15-7-9-17(21)10-8-15/h4-11H,12-13H2,1-3H3,(H,23,25)(H2,22,24,26). The van der Waals surface area contributed by atoms with E-state index in [1.54, 1.807) is 0 Å². The lowest BCUT2D eigenvalue weighted by molar-refractivity contribution is -0.121. The number of carbonyl (C=O) groups is 2. The number of aryl methyl sites for hydroxylation is 1. The SMILES string of the molecule is Cc1cccc(C(C)(C)CNC(=O)NNC(=O)Cc2ccc(F)cc2)c1. The first-order valence-corrected chi connectivity index (χ1v) is 8.40. The van der Waals surface area contributed by atoms with Gasteiger partial charge in [0.25, 0.3) is 0 Å². The number of halogens is 1. The molecule has 26 heavy (non-hydrogen) atoms. The van der Waals surface area contributed by atoms with Gasteiger partial charge in [-0.2, -0.15) is 0 Å². The highest BCUT2D eigenvalue weighted by Gasteiger charge is 2.21. The number of amides is 3. The molecule has 138 valence electrons. The van der Waals surface area contributed by atoms with Crippen molar-refractivity contribution in [1.82, 2.24) is 16.2 Å². The monoisotopic (exact) mass is 357 g/mol. The van der Waals surface area contributed by atoms with E-state index in [4.69, 9.17) is 0 Å². The van der Waals surface area contributed by atoms with Crippen LogP contribution in [-0.2, 0) is 16.6 Å². The summed E-state index contributed by atoms with van der Waals surface area (Å²) in [7, 11) is 0. The van der Waals surface area contributed by atoms with Gasteiger partial charge in [-0.15, -0.1) is 0 Å². The zero-order valence-corrected chi connectivity index (χ0v) is 15.2. The lowest BCUT2D eigenvalue weighted by atomic mass is 9.84. The van der Waals surface area contributed by atoms with Gasteiger partial charge in [-0.3, -0.25) is 10.2 Å². The molecule has 3 amide bonds. The molecule has 0 aromatic heterocycles. The lowest BCUT2D eigenvalue weighted by Gasteiger charge is -2.26. The zero-order valence-electron chi connectivity index (χ0n) is 15.2. The summed E-state index contributed by atoms with van der Waals surface area (Å²) in [6.07, 6.45) is 0.0509. The Bertz CT molecular complexity index is 773. The summed E-state index contributed by atoms with van der Waals surface area (Å²) in [5.74, 6) is -0.743. The van der Waals surface area contributed by atoms with Gasteiger partial charge in [0.1, 0.15) is 5.82 Å². The van der Waals surface area contributed by atoms with Crippen LogP contribution in [0.2, 0.25) is 0 Å². The van der Waals surface area contributed by atoms with Gasteiger partial charge in [0.15, 0.2) is 0 Å². The molecular formula is C20H24FN3O2. The molecule has 6 heteroatoms. The Hall–Kier alpha value is -2.89. The molecular weight excluding hydrogens is 333 g/mol. The minimum Gasteiger partial charge on any atom is -0.336 e. The summed E-state index contributed by atoms with van der Waals surface area (Å²) >= 11 is 0. The number of hydrazine groups is 1. The van der Waals surface area contributed by atoms with E-state index in [2.05, 4.69) is 22.2 Å². The highest BCUT2D eigenvalue weighted by molar-refractivity contribution is 5.82. The molecule has 0 radical (unpaired) electrons. The average Bonchev–Trinajstić information content (AvgIpc) is 2.60. The Labute approximate surface area is 153 Å². The Kier molecular flexibility index (Phi) is 6.33. The maximum absolute atomic E-state index is 12.8. The number of carbonyl (C=O) groups excluding carboxylic acids is 2. The topological polar surface area (TPSA) is 70.2 Å². The normalized spacial score (nSPS) is 10.9. The van der Waals surface area contributed by atoms with Crippen LogP contribution in [0.4, 0.5) is 9.18 Å². The van der Waals surface area contributed by atoms with Gasteiger partial charge in [0, 0.05) is 12.0 Å². The maximum Gasteiger partial charge on any atom is 0.333 e. The van der Waals surface area contributed by atoms with E-state index < -0.39 is 6.03 Å². The summed E-state index contributed by atoms with van der Waals surface area (Å²) in [6.45, 7) is 6.51. The third-order valence-corrected chi connectivity index (χ3v) is 4.08. The maximum atomic E-state index is 12.8. The quantitative estimate of drug-likeness (QED) is 0.720. The van der Waals surface area contributed by atoms with Gasteiger partial charge in [0.05, 0.1) is 6.42 Å². The molecule has 2 rings (SSSR count). The molecule has 0 saturated heterocycles. The largest absolute Gasteiger partial charge is 0.336 e. The third-order valence-electron chi connectivity index (χ3n) is 4.08. The third kappa shape index (κ3) is 5.88. The summed E-state index contributed by atoms with van der Waals surface area (Å²) in [5, 5.41) is 2.75. The van der Waals surface area contributed by atoms with E-state index in [-0.39, 0.29) is 23.6 Å². The minimum absolute atomic E-state index is 0.0509. The molecule has 0 atom stereocenters. The van der Waals surface area contributed by atoms with E-state index >= 15 is 0 Å². The summed E-state index contributed by atoms with van der Waals surface area (Å²) in [6, 6.07) is 13.3. The van der Waals surface area contributed by atoms with Crippen LogP contribution in [0.15, 0.2) is 48.5 Å². The van der Waals surface area contributed by atoms with Crippen LogP contribution in [0.25, 0.3) is 0 Å². The number of hydrogen-bond acceptors (Lipinski definition) is 2. The second kappa shape index (κ2) is 8.47. The predicted octanol–water partition coefficient (Wildman–Crippen LogP) is 2.98. The molecule has 2 aromatic rings. The first kappa shape index (κ1) is 19.4. The van der Waals surface area contributed by atoms with E-state index in [0.29, 0.717) is 12.1 Å². The van der Waals surface area contributed by atoms with Crippen LogP contribution in [0.1, 0.15) is 30.5 Å². The molecule has 0 aliphatic heterocycles. The summed E-state index contributed by atoms with van der Waals surface area (Å²) in [4.78, 5) is 23.7. The van der Waals surface area contributed by atoms with Gasteiger partial charge in [-0.1, -0.05) is 55.8 Å². The van der Waals surface area contributed by atoms with Crippen LogP contribution in [0.5, 0.6) is 0 Å². The number of urea groups is 1. The second-order valence-corrected chi connectivity index (χ2v) is 6.91. The number of hydrogen-bond donors (Lipinski definition) is 3. The van der Waals surface area contributed by atoms with Crippen molar-refractivity contribution in [2.24, 2.45) is 0 Å². The first-order chi connectivity index (χ1) is 12.3. The average molecular weight is 357 g/mol. The molecule has 0 spiro atoms. The van der Waals surface area contributed by atoms with E-state index in [1.165, 1.54) is 24.3 Å². The van der Waals surface area contributed by atoms with Crippen molar-refractivity contribution < 1.29 is 14.0 Å². The van der Waals surface area contributed by atoms with Crippen molar-refractivity contribution in [2.45, 2.75) is 32.6 Å². The van der Waals surface area contributed by atoms with Crippen molar-refractivity contribution in [2.75, 3.05) is 6.54 Å². The molecule has 0 unspecified atom stereocenters. The minimum atomic E-state index is -0.488. The van der Waals surface area contributed by atoms with Gasteiger partial charge in [-0.25, -0.2) is 14.6 Å². The van der Waals surface area contributed by atoms with Crippen molar-refractivity contribution >= 4 is 11.9 Å². The summed E-state index contributed by atoms with van der Waals surface area (Å²) in [5.41, 5.74) is 7.36. The van der Waals surface area contributed by atoms with Crippen LogP contribution >= 0.6 is 0 Å². The molecule has 0 fully saturated rings. The lowest BCUT2D eigenvalue weighted by Crippen LogP contribution is -2.49. The Morgan fingerprint density at radius 2 is 1.73 bits per heavy atom. The van der Waals surface area contributed by atoms with Crippen LogP contribution < -0.4 is 16.2 Å². The molecule has 3 N–H and O–H groups in total. The van der Waals surface area contributed by atoms with Crippen molar-refractivity contribution in [3.63, 3.8) is 0 Å². The van der Waals surface area contributed by atoms with Crippen LogP contribution in [0, 0.1) is 12.7 Å². The summed E-state index contributed by atoms with van der Waals surface area (Å²) < 4.78 is 12.8. The molecule has 2 aromatic carbocycles. The first-order valence-electron chi connectivity index (χ1n) is 8.40. The molecule has 5 nitrogen and oxygen atoms in total. The predicted molar refractivity (Wildman–Crippen MR) is 99.0 cm³/mol.